The number of oxazole rings is 1. The Bertz CT molecular complexity index is 515. The van der Waals surface area contributed by atoms with Crippen LogP contribution in [0.15, 0.2) is 16.6 Å². The van der Waals surface area contributed by atoms with E-state index in [-0.39, 0.29) is 10.8 Å². The maximum Gasteiger partial charge on any atom is 0.203 e. The summed E-state index contributed by atoms with van der Waals surface area (Å²) >= 11 is 0. The van der Waals surface area contributed by atoms with Gasteiger partial charge in [0.15, 0.2) is 5.76 Å². The summed E-state index contributed by atoms with van der Waals surface area (Å²) < 4.78 is 6.06. The molecule has 1 aliphatic carbocycles. The van der Waals surface area contributed by atoms with Crippen LogP contribution >= 0.6 is 0 Å². The maximum atomic E-state index is 6.06. The van der Waals surface area contributed by atoms with Crippen molar-refractivity contribution in [2.45, 2.75) is 32.1 Å². The van der Waals surface area contributed by atoms with Crippen molar-refractivity contribution in [2.75, 3.05) is 19.6 Å². The van der Waals surface area contributed by atoms with Crippen LogP contribution in [-0.2, 0) is 5.41 Å². The fourth-order valence-electron chi connectivity index (χ4n) is 2.86. The van der Waals surface area contributed by atoms with Crippen LogP contribution in [0.3, 0.4) is 0 Å². The van der Waals surface area contributed by atoms with Gasteiger partial charge in [0.25, 0.3) is 0 Å². The first-order valence-electron chi connectivity index (χ1n) is 7.35. The molecule has 2 heterocycles. The highest BCUT2D eigenvalue weighted by molar-refractivity contribution is 5.62. The van der Waals surface area contributed by atoms with Crippen LogP contribution < -0.4 is 11.1 Å². The highest BCUT2D eigenvalue weighted by Gasteiger charge is 2.38. The fraction of sp³-hybridized carbons (Fsp3) is 0.562. The zero-order chi connectivity index (χ0) is 14.2. The monoisotopic (exact) mass is 273 g/mol. The number of allylic oxidation sites excluding steroid dienone is 2. The fourth-order valence-corrected chi connectivity index (χ4v) is 2.86. The summed E-state index contributed by atoms with van der Waals surface area (Å²) in [4.78, 5) is 4.73. The molecule has 1 aromatic heterocycles. The van der Waals surface area contributed by atoms with Gasteiger partial charge in [0.1, 0.15) is 5.69 Å². The minimum atomic E-state index is -0.103. The second-order valence-electron chi connectivity index (χ2n) is 6.49. The molecule has 2 aliphatic rings. The van der Waals surface area contributed by atoms with Crippen molar-refractivity contribution in [1.82, 2.24) is 10.3 Å². The summed E-state index contributed by atoms with van der Waals surface area (Å²) in [6.45, 7) is 6.88. The first kappa shape index (κ1) is 13.6. The van der Waals surface area contributed by atoms with E-state index in [1.54, 1.807) is 0 Å². The van der Waals surface area contributed by atoms with E-state index in [1.807, 2.05) is 6.08 Å². The van der Waals surface area contributed by atoms with E-state index in [0.717, 1.165) is 43.3 Å². The molecule has 0 saturated carbocycles. The largest absolute Gasteiger partial charge is 0.440 e. The number of piperidine rings is 1. The van der Waals surface area contributed by atoms with Crippen molar-refractivity contribution in [3.63, 3.8) is 0 Å². The van der Waals surface area contributed by atoms with Gasteiger partial charge in [-0.2, -0.15) is 0 Å². The minimum absolute atomic E-state index is 0.0453. The van der Waals surface area contributed by atoms with Gasteiger partial charge in [-0.25, -0.2) is 4.98 Å². The van der Waals surface area contributed by atoms with Crippen molar-refractivity contribution in [3.05, 3.63) is 29.5 Å². The first-order valence-corrected chi connectivity index (χ1v) is 7.35. The quantitative estimate of drug-likeness (QED) is 0.868. The molecule has 0 aromatic carbocycles. The minimum Gasteiger partial charge on any atom is -0.440 e. The first-order chi connectivity index (χ1) is 9.55. The van der Waals surface area contributed by atoms with E-state index < -0.39 is 0 Å². The van der Waals surface area contributed by atoms with Crippen molar-refractivity contribution < 1.29 is 4.42 Å². The predicted molar refractivity (Wildman–Crippen MR) is 81.2 cm³/mol. The molecule has 0 radical (unpaired) electrons. The van der Waals surface area contributed by atoms with Gasteiger partial charge in [-0.15, -0.1) is 0 Å². The lowest BCUT2D eigenvalue weighted by Gasteiger charge is -2.33. The van der Waals surface area contributed by atoms with Crippen LogP contribution in [0.5, 0.6) is 0 Å². The number of hydrogen-bond acceptors (Lipinski definition) is 4. The van der Waals surface area contributed by atoms with E-state index in [9.17, 15) is 0 Å². The van der Waals surface area contributed by atoms with Crippen LogP contribution in [0, 0.1) is 5.41 Å². The molecule has 3 rings (SSSR count). The third kappa shape index (κ3) is 2.34. The molecule has 4 nitrogen and oxygen atoms in total. The van der Waals surface area contributed by atoms with E-state index in [4.69, 9.17) is 15.1 Å². The number of nitrogens with one attached hydrogen (secondary N) is 1. The lowest BCUT2D eigenvalue weighted by atomic mass is 9.79. The molecule has 4 heteroatoms. The molecular formula is C16H23N3O. The smallest absolute Gasteiger partial charge is 0.203 e. The summed E-state index contributed by atoms with van der Waals surface area (Å²) in [5.41, 5.74) is 6.91. The number of fused-ring (bicyclic) bond motifs is 1. The number of rotatable bonds is 2. The highest BCUT2D eigenvalue weighted by Crippen LogP contribution is 2.35. The zero-order valence-electron chi connectivity index (χ0n) is 12.3. The number of nitrogens with zero attached hydrogens (tertiary/aromatic N) is 1. The Morgan fingerprint density at radius 3 is 2.65 bits per heavy atom. The standard InChI is InChI=1S/C16H23N3O/c1-15(2)5-3-12-13(4-6-15)20-14(19-12)16(11-17)7-9-18-10-8-16/h3-6,18H,7-11,17H2,1-2H3. The molecule has 1 aliphatic heterocycles. The number of hydrogen-bond donors (Lipinski definition) is 2. The molecule has 0 unspecified atom stereocenters. The Morgan fingerprint density at radius 1 is 1.25 bits per heavy atom. The van der Waals surface area contributed by atoms with E-state index in [2.05, 4.69) is 37.4 Å². The Labute approximate surface area is 120 Å². The molecular weight excluding hydrogens is 250 g/mol. The van der Waals surface area contributed by atoms with Gasteiger partial charge in [0, 0.05) is 12.0 Å². The topological polar surface area (TPSA) is 64.1 Å². The molecule has 0 atom stereocenters. The van der Waals surface area contributed by atoms with E-state index in [0.29, 0.717) is 6.54 Å². The molecule has 108 valence electrons. The van der Waals surface area contributed by atoms with Crippen LogP contribution in [0.2, 0.25) is 0 Å². The van der Waals surface area contributed by atoms with Gasteiger partial charge in [-0.05, 0) is 38.1 Å². The summed E-state index contributed by atoms with van der Waals surface area (Å²) in [5.74, 6) is 1.66. The second kappa shape index (κ2) is 4.86. The number of aromatic nitrogens is 1. The molecule has 1 fully saturated rings. The second-order valence-corrected chi connectivity index (χ2v) is 6.49. The van der Waals surface area contributed by atoms with Gasteiger partial charge in [-0.1, -0.05) is 26.0 Å². The van der Waals surface area contributed by atoms with Crippen molar-refractivity contribution >= 4 is 12.2 Å². The summed E-state index contributed by atoms with van der Waals surface area (Å²) in [5, 5.41) is 3.37. The molecule has 1 aromatic rings. The van der Waals surface area contributed by atoms with Crippen molar-refractivity contribution in [2.24, 2.45) is 11.1 Å². The highest BCUT2D eigenvalue weighted by atomic mass is 16.4. The summed E-state index contributed by atoms with van der Waals surface area (Å²) in [7, 11) is 0. The Hall–Kier alpha value is -1.39. The number of nitrogens with two attached hydrogens (primary N) is 1. The Balaban J connectivity index is 1.97. The maximum absolute atomic E-state index is 6.06. The van der Waals surface area contributed by atoms with Gasteiger partial charge < -0.3 is 15.5 Å². The van der Waals surface area contributed by atoms with Gasteiger partial charge in [-0.3, -0.25) is 0 Å². The predicted octanol–water partition coefficient (Wildman–Crippen LogP) is 2.32. The average Bonchev–Trinajstić information content (AvgIpc) is 2.82. The van der Waals surface area contributed by atoms with Crippen molar-refractivity contribution in [1.29, 1.82) is 0 Å². The Morgan fingerprint density at radius 2 is 1.95 bits per heavy atom. The molecule has 20 heavy (non-hydrogen) atoms. The van der Waals surface area contributed by atoms with E-state index >= 15 is 0 Å². The molecule has 1 saturated heterocycles. The van der Waals surface area contributed by atoms with Crippen LogP contribution in [0.4, 0.5) is 0 Å². The molecule has 3 N–H and O–H groups in total. The SMILES string of the molecule is CC1(C)C=Cc2nc(C3(CN)CCNCC3)oc2C=C1. The average molecular weight is 273 g/mol. The molecule has 0 spiro atoms. The summed E-state index contributed by atoms with van der Waals surface area (Å²) in [6, 6.07) is 0. The van der Waals surface area contributed by atoms with Crippen molar-refractivity contribution in [3.8, 4) is 0 Å². The third-order valence-corrected chi connectivity index (χ3v) is 4.42. The molecule has 0 bridgehead atoms. The normalized spacial score (nSPS) is 23.4. The van der Waals surface area contributed by atoms with Gasteiger partial charge in [0.05, 0.1) is 5.41 Å². The molecule has 0 amide bonds. The van der Waals surface area contributed by atoms with E-state index in [1.165, 1.54) is 0 Å². The third-order valence-electron chi connectivity index (χ3n) is 4.42. The zero-order valence-corrected chi connectivity index (χ0v) is 12.3. The van der Waals surface area contributed by atoms with Crippen LogP contribution in [0.1, 0.15) is 44.0 Å². The lowest BCUT2D eigenvalue weighted by Crippen LogP contribution is -2.45. The Kier molecular flexibility index (Phi) is 3.30. The van der Waals surface area contributed by atoms with Gasteiger partial charge >= 0.3 is 0 Å². The summed E-state index contributed by atoms with van der Waals surface area (Å²) in [6.07, 6.45) is 10.4. The lowest BCUT2D eigenvalue weighted by molar-refractivity contribution is 0.252. The van der Waals surface area contributed by atoms with Crippen LogP contribution in [-0.4, -0.2) is 24.6 Å². The van der Waals surface area contributed by atoms with Crippen LogP contribution in [0.25, 0.3) is 12.2 Å². The van der Waals surface area contributed by atoms with Gasteiger partial charge in [0.2, 0.25) is 5.89 Å².